The van der Waals surface area contributed by atoms with Crippen molar-refractivity contribution in [1.82, 2.24) is 35.3 Å². The molecular formula is C38H42F2N8O3. The van der Waals surface area contributed by atoms with E-state index in [0.29, 0.717) is 55.9 Å². The summed E-state index contributed by atoms with van der Waals surface area (Å²) in [4.78, 5) is 52.3. The van der Waals surface area contributed by atoms with E-state index < -0.39 is 17.3 Å². The highest BCUT2D eigenvalue weighted by molar-refractivity contribution is 6.01. The molecule has 2 aliphatic carbocycles. The second kappa shape index (κ2) is 12.0. The standard InChI is InChI=1S/C38H42F2N8O3/c1-37-20-30-27(19-31(37)38(37,39)40)34(45-44-30)29-16-24-2-3-25(17-28(24)42-29)36(51)48-14-12-46(13-15-48)21-22-7-10-47(11-8-22)32-18-23(6-9-41-32)26-4-5-33(49)43-35(26)50/h2-3,6,9,16-18,22,26,31,42H,4-5,7-8,10-15,19-21H2,1H3,(H,44,45)(H,43,49,50). The Kier molecular flexibility index (Phi) is 7.57. The van der Waals surface area contributed by atoms with Crippen LogP contribution in [0.5, 0.6) is 0 Å². The minimum absolute atomic E-state index is 0.0143. The maximum Gasteiger partial charge on any atom is 0.258 e. The number of H-pyrrole nitrogens is 2. The van der Waals surface area contributed by atoms with Gasteiger partial charge >= 0.3 is 0 Å². The molecule has 0 spiro atoms. The summed E-state index contributed by atoms with van der Waals surface area (Å²) >= 11 is 0. The Morgan fingerprint density at radius 2 is 1.80 bits per heavy atom. The summed E-state index contributed by atoms with van der Waals surface area (Å²) in [7, 11) is 0. The van der Waals surface area contributed by atoms with Crippen molar-refractivity contribution in [2.45, 2.75) is 57.3 Å². The summed E-state index contributed by atoms with van der Waals surface area (Å²) in [6.07, 6.45) is 5.37. The number of hydrogen-bond acceptors (Lipinski definition) is 7. The average Bonchev–Trinajstić information content (AvgIpc) is 3.52. The quantitative estimate of drug-likeness (QED) is 0.253. The molecular weight excluding hydrogens is 654 g/mol. The summed E-state index contributed by atoms with van der Waals surface area (Å²) in [5.74, 6) is -2.57. The molecule has 51 heavy (non-hydrogen) atoms. The summed E-state index contributed by atoms with van der Waals surface area (Å²) in [6, 6.07) is 11.6. The van der Waals surface area contributed by atoms with Crippen molar-refractivity contribution in [3.8, 4) is 11.4 Å². The zero-order valence-corrected chi connectivity index (χ0v) is 28.7. The molecule has 4 fully saturated rings. The molecule has 3 atom stereocenters. The number of hydrogen-bond donors (Lipinski definition) is 3. The number of piperidine rings is 2. The van der Waals surface area contributed by atoms with Crippen LogP contribution in [0.3, 0.4) is 0 Å². The lowest BCUT2D eigenvalue weighted by atomic mass is 9.87. The zero-order chi connectivity index (χ0) is 35.1. The Bertz CT molecular complexity index is 2040. The highest BCUT2D eigenvalue weighted by Crippen LogP contribution is 2.70. The number of carbonyl (C=O) groups excluding carboxylic acids is 3. The van der Waals surface area contributed by atoms with Crippen LogP contribution in [-0.4, -0.2) is 99.4 Å². The van der Waals surface area contributed by atoms with Gasteiger partial charge in [0.05, 0.1) is 11.6 Å². The lowest BCUT2D eigenvalue weighted by Gasteiger charge is -2.39. The van der Waals surface area contributed by atoms with Gasteiger partial charge in [-0.05, 0) is 67.5 Å². The van der Waals surface area contributed by atoms with Crippen LogP contribution in [-0.2, 0) is 22.4 Å². The molecule has 5 aliphatic rings. The number of imide groups is 1. The van der Waals surface area contributed by atoms with Crippen LogP contribution in [0.1, 0.15) is 65.7 Å². The van der Waals surface area contributed by atoms with Crippen LogP contribution >= 0.6 is 0 Å². The number of benzene rings is 1. The molecule has 9 rings (SSSR count). The number of aromatic amines is 2. The van der Waals surface area contributed by atoms with Crippen molar-refractivity contribution in [3.05, 3.63) is 65.0 Å². The van der Waals surface area contributed by atoms with Crippen LogP contribution in [0, 0.1) is 17.3 Å². The van der Waals surface area contributed by atoms with Gasteiger partial charge in [0, 0.05) is 104 Å². The van der Waals surface area contributed by atoms with Crippen LogP contribution < -0.4 is 10.2 Å². The van der Waals surface area contributed by atoms with Crippen LogP contribution in [0.25, 0.3) is 22.3 Å². The maximum atomic E-state index is 14.5. The molecule has 11 nitrogen and oxygen atoms in total. The van der Waals surface area contributed by atoms with E-state index in [1.807, 2.05) is 41.3 Å². The first-order valence-electron chi connectivity index (χ1n) is 18.2. The SMILES string of the molecule is CC12Cc3[nH]nc(-c4cc5ccc(C(=O)N6CCN(CC7CCN(c8cc(C9CCC(=O)NC9=O)ccn8)CC7)CC6)cc5[nH]4)c3CC1C2(F)F. The molecule has 1 saturated carbocycles. The van der Waals surface area contributed by atoms with Crippen LogP contribution in [0.4, 0.5) is 14.6 Å². The Balaban J connectivity index is 0.779. The third-order valence-electron chi connectivity index (χ3n) is 12.4. The van der Waals surface area contributed by atoms with Gasteiger partial charge in [-0.3, -0.25) is 29.7 Å². The molecule has 3 unspecified atom stereocenters. The smallest absolute Gasteiger partial charge is 0.258 e. The van der Waals surface area contributed by atoms with E-state index in [0.717, 1.165) is 84.8 Å². The fourth-order valence-electron chi connectivity index (χ4n) is 9.08. The van der Waals surface area contributed by atoms with Gasteiger partial charge < -0.3 is 14.8 Å². The number of rotatable bonds is 6. The van der Waals surface area contributed by atoms with Gasteiger partial charge in [0.2, 0.25) is 11.8 Å². The molecule has 266 valence electrons. The van der Waals surface area contributed by atoms with E-state index in [4.69, 9.17) is 0 Å². The highest BCUT2D eigenvalue weighted by atomic mass is 19.3. The number of amides is 3. The van der Waals surface area contributed by atoms with Gasteiger partial charge in [-0.1, -0.05) is 13.0 Å². The Morgan fingerprint density at radius 3 is 2.59 bits per heavy atom. The number of aromatic nitrogens is 4. The average molecular weight is 697 g/mol. The van der Waals surface area contributed by atoms with Gasteiger partial charge in [-0.15, -0.1) is 0 Å². The third kappa shape index (κ3) is 5.51. The van der Waals surface area contributed by atoms with Gasteiger partial charge in [-0.2, -0.15) is 5.10 Å². The third-order valence-corrected chi connectivity index (χ3v) is 12.4. The molecule has 3 aliphatic heterocycles. The van der Waals surface area contributed by atoms with Gasteiger partial charge in [0.15, 0.2) is 0 Å². The fraction of sp³-hybridized carbons (Fsp3) is 0.500. The molecule has 0 bridgehead atoms. The Labute approximate surface area is 294 Å². The predicted octanol–water partition coefficient (Wildman–Crippen LogP) is 4.52. The number of carbonyl (C=O) groups is 3. The van der Waals surface area contributed by atoms with Crippen LogP contribution in [0.2, 0.25) is 0 Å². The number of pyridine rings is 1. The zero-order valence-electron chi connectivity index (χ0n) is 28.7. The van der Waals surface area contributed by atoms with E-state index >= 15 is 0 Å². The van der Waals surface area contributed by atoms with Crippen molar-refractivity contribution < 1.29 is 23.2 Å². The Hall–Kier alpha value is -4.65. The number of alkyl halides is 2. The van der Waals surface area contributed by atoms with Gasteiger partial charge in [0.25, 0.3) is 11.8 Å². The van der Waals surface area contributed by atoms with Crippen molar-refractivity contribution in [2.24, 2.45) is 17.3 Å². The number of piperazine rings is 1. The van der Waals surface area contributed by atoms with E-state index in [9.17, 15) is 23.2 Å². The molecule has 6 heterocycles. The lowest BCUT2D eigenvalue weighted by Crippen LogP contribution is -2.50. The first-order valence-corrected chi connectivity index (χ1v) is 18.2. The van der Waals surface area contributed by atoms with Crippen molar-refractivity contribution >= 4 is 34.4 Å². The monoisotopic (exact) mass is 696 g/mol. The first-order chi connectivity index (χ1) is 24.6. The topological polar surface area (TPSA) is 130 Å². The van der Waals surface area contributed by atoms with Crippen LogP contribution in [0.15, 0.2) is 42.6 Å². The van der Waals surface area contributed by atoms with E-state index in [1.54, 1.807) is 13.1 Å². The molecule has 1 aromatic carbocycles. The minimum atomic E-state index is -2.64. The summed E-state index contributed by atoms with van der Waals surface area (Å²) in [5, 5.41) is 10.9. The second-order valence-corrected chi connectivity index (χ2v) is 15.5. The largest absolute Gasteiger partial charge is 0.357 e. The number of nitrogens with one attached hydrogen (secondary N) is 3. The summed E-state index contributed by atoms with van der Waals surface area (Å²) < 4.78 is 28.9. The van der Waals surface area contributed by atoms with E-state index in [2.05, 4.69) is 35.3 Å². The highest BCUT2D eigenvalue weighted by Gasteiger charge is 2.78. The van der Waals surface area contributed by atoms with Crippen molar-refractivity contribution in [3.63, 3.8) is 0 Å². The predicted molar refractivity (Wildman–Crippen MR) is 186 cm³/mol. The lowest BCUT2D eigenvalue weighted by molar-refractivity contribution is -0.134. The Morgan fingerprint density at radius 1 is 1.00 bits per heavy atom. The van der Waals surface area contributed by atoms with Gasteiger partial charge in [-0.25, -0.2) is 13.8 Å². The maximum absolute atomic E-state index is 14.5. The summed E-state index contributed by atoms with van der Waals surface area (Å²) in [5.41, 5.74) is 4.52. The molecule has 0 radical (unpaired) electrons. The molecule has 13 heteroatoms. The number of nitrogens with zero attached hydrogens (tertiary/aromatic N) is 5. The molecule has 3 aromatic heterocycles. The second-order valence-electron chi connectivity index (χ2n) is 15.5. The van der Waals surface area contributed by atoms with Crippen molar-refractivity contribution in [2.75, 3.05) is 50.7 Å². The van der Waals surface area contributed by atoms with Crippen molar-refractivity contribution in [1.29, 1.82) is 0 Å². The number of anilines is 1. The molecule has 3 amide bonds. The number of fused-ring (bicyclic) bond motifs is 3. The van der Waals surface area contributed by atoms with E-state index in [1.165, 1.54) is 0 Å². The first kappa shape index (κ1) is 32.3. The minimum Gasteiger partial charge on any atom is -0.357 e. The van der Waals surface area contributed by atoms with Gasteiger partial charge in [0.1, 0.15) is 11.5 Å². The number of halogens is 2. The molecule has 3 N–H and O–H groups in total. The summed E-state index contributed by atoms with van der Waals surface area (Å²) in [6.45, 7) is 7.48. The molecule has 3 saturated heterocycles. The fourth-order valence-corrected chi connectivity index (χ4v) is 9.08. The normalized spacial score (nSPS) is 26.6. The van der Waals surface area contributed by atoms with E-state index in [-0.39, 0.29) is 23.6 Å². The molecule has 4 aromatic rings.